The highest BCUT2D eigenvalue weighted by atomic mass is 16.3. The number of nitrogens with one attached hydrogen (secondary N) is 1. The third-order valence-electron chi connectivity index (χ3n) is 2.62. The van der Waals surface area contributed by atoms with E-state index in [2.05, 4.69) is 5.32 Å². The maximum absolute atomic E-state index is 11.6. The van der Waals surface area contributed by atoms with E-state index in [9.17, 15) is 9.90 Å². The van der Waals surface area contributed by atoms with Crippen LogP contribution in [0.25, 0.3) is 0 Å². The molecule has 0 saturated carbocycles. The highest BCUT2D eigenvalue weighted by Gasteiger charge is 2.14. The molecule has 4 nitrogen and oxygen atoms in total. The summed E-state index contributed by atoms with van der Waals surface area (Å²) in [6, 6.07) is 9.07. The third kappa shape index (κ3) is 4.97. The molecule has 1 aromatic rings. The highest BCUT2D eigenvalue weighted by molar-refractivity contribution is 5.81. The highest BCUT2D eigenvalue weighted by Crippen LogP contribution is 2.01. The molecule has 0 aliphatic heterocycles. The first-order chi connectivity index (χ1) is 8.13. The molecule has 4 heteroatoms. The molecule has 2 atom stereocenters. The fourth-order valence-corrected chi connectivity index (χ4v) is 1.45. The molecule has 94 valence electrons. The second-order valence-electron chi connectivity index (χ2n) is 4.10. The molecule has 1 amide bonds. The van der Waals surface area contributed by atoms with Crippen molar-refractivity contribution in [1.82, 2.24) is 5.32 Å². The van der Waals surface area contributed by atoms with Crippen molar-refractivity contribution in [2.45, 2.75) is 31.9 Å². The molecule has 1 unspecified atom stereocenters. The van der Waals surface area contributed by atoms with E-state index in [-0.39, 0.29) is 12.5 Å². The standard InChI is InChI=1S/C13H20N2O2/c1-2-11(16)9-15-13(17)12(14)8-10-6-4-3-5-7-10/h3-7,11-12,16H,2,8-9,14H2,1H3,(H,15,17)/t11?,12-/m0/s1. The van der Waals surface area contributed by atoms with Crippen molar-refractivity contribution in [3.8, 4) is 0 Å². The van der Waals surface area contributed by atoms with Crippen molar-refractivity contribution in [2.75, 3.05) is 6.54 Å². The number of hydrogen-bond donors (Lipinski definition) is 3. The van der Waals surface area contributed by atoms with Gasteiger partial charge in [-0.25, -0.2) is 0 Å². The van der Waals surface area contributed by atoms with Gasteiger partial charge < -0.3 is 16.2 Å². The Kier molecular flexibility index (Phi) is 5.66. The number of amides is 1. The zero-order valence-corrected chi connectivity index (χ0v) is 10.1. The van der Waals surface area contributed by atoms with Crippen LogP contribution < -0.4 is 11.1 Å². The van der Waals surface area contributed by atoms with Gasteiger partial charge in [-0.1, -0.05) is 37.3 Å². The topological polar surface area (TPSA) is 75.3 Å². The predicted molar refractivity (Wildman–Crippen MR) is 67.4 cm³/mol. The van der Waals surface area contributed by atoms with Crippen LogP contribution in [0, 0.1) is 0 Å². The van der Waals surface area contributed by atoms with E-state index in [0.29, 0.717) is 12.8 Å². The normalized spacial score (nSPS) is 14.1. The van der Waals surface area contributed by atoms with Crippen molar-refractivity contribution in [3.05, 3.63) is 35.9 Å². The first-order valence-corrected chi connectivity index (χ1v) is 5.88. The molecule has 1 rings (SSSR count). The minimum absolute atomic E-state index is 0.221. The lowest BCUT2D eigenvalue weighted by Gasteiger charge is -2.14. The Morgan fingerprint density at radius 3 is 2.65 bits per heavy atom. The van der Waals surface area contributed by atoms with Crippen LogP contribution in [0.4, 0.5) is 0 Å². The summed E-state index contributed by atoms with van der Waals surface area (Å²) in [6.45, 7) is 2.12. The number of aliphatic hydroxyl groups excluding tert-OH is 1. The zero-order chi connectivity index (χ0) is 12.7. The third-order valence-corrected chi connectivity index (χ3v) is 2.62. The summed E-state index contributed by atoms with van der Waals surface area (Å²) in [6.07, 6.45) is 0.631. The second-order valence-corrected chi connectivity index (χ2v) is 4.10. The monoisotopic (exact) mass is 236 g/mol. The van der Waals surface area contributed by atoms with E-state index in [0.717, 1.165) is 5.56 Å². The van der Waals surface area contributed by atoms with Crippen molar-refractivity contribution < 1.29 is 9.90 Å². The van der Waals surface area contributed by atoms with E-state index >= 15 is 0 Å². The molecule has 0 saturated heterocycles. The van der Waals surface area contributed by atoms with Crippen LogP contribution in [0.15, 0.2) is 30.3 Å². The number of aliphatic hydroxyl groups is 1. The van der Waals surface area contributed by atoms with Gasteiger partial charge in [0.2, 0.25) is 5.91 Å². The number of carbonyl (C=O) groups is 1. The second kappa shape index (κ2) is 7.04. The lowest BCUT2D eigenvalue weighted by molar-refractivity contribution is -0.122. The maximum atomic E-state index is 11.6. The molecule has 0 aliphatic rings. The number of hydrogen-bond acceptors (Lipinski definition) is 3. The van der Waals surface area contributed by atoms with Gasteiger partial charge in [-0.2, -0.15) is 0 Å². The van der Waals surface area contributed by atoms with Gasteiger partial charge in [0.25, 0.3) is 0 Å². The van der Waals surface area contributed by atoms with Crippen LogP contribution in [0.3, 0.4) is 0 Å². The first kappa shape index (κ1) is 13.7. The van der Waals surface area contributed by atoms with Gasteiger partial charge in [-0.15, -0.1) is 0 Å². The Labute approximate surface area is 102 Å². The molecule has 0 spiro atoms. The van der Waals surface area contributed by atoms with Crippen molar-refractivity contribution >= 4 is 5.91 Å². The van der Waals surface area contributed by atoms with Gasteiger partial charge in [0.15, 0.2) is 0 Å². The van der Waals surface area contributed by atoms with Crippen molar-refractivity contribution in [1.29, 1.82) is 0 Å². The fourth-order valence-electron chi connectivity index (χ4n) is 1.45. The molecule has 0 aromatic heterocycles. The number of carbonyl (C=O) groups excluding carboxylic acids is 1. The predicted octanol–water partition coefficient (Wildman–Crippen LogP) is 0.444. The van der Waals surface area contributed by atoms with Crippen molar-refractivity contribution in [3.63, 3.8) is 0 Å². The Bertz CT molecular complexity index is 341. The van der Waals surface area contributed by atoms with Gasteiger partial charge in [-0.3, -0.25) is 4.79 Å². The summed E-state index contributed by atoms with van der Waals surface area (Å²) < 4.78 is 0. The van der Waals surface area contributed by atoms with E-state index < -0.39 is 12.1 Å². The summed E-state index contributed by atoms with van der Waals surface area (Å²) in [5, 5.41) is 12.0. The Hall–Kier alpha value is -1.39. The van der Waals surface area contributed by atoms with Gasteiger partial charge in [0.05, 0.1) is 12.1 Å². The summed E-state index contributed by atoms with van der Waals surface area (Å²) in [7, 11) is 0. The van der Waals surface area contributed by atoms with Crippen LogP contribution in [0.2, 0.25) is 0 Å². The summed E-state index contributed by atoms with van der Waals surface area (Å²) in [5.41, 5.74) is 6.82. The Morgan fingerprint density at radius 1 is 1.41 bits per heavy atom. The molecule has 1 aromatic carbocycles. The Morgan fingerprint density at radius 2 is 2.06 bits per heavy atom. The number of benzene rings is 1. The van der Waals surface area contributed by atoms with Crippen molar-refractivity contribution in [2.24, 2.45) is 5.73 Å². The van der Waals surface area contributed by atoms with Crippen LogP contribution in [0.1, 0.15) is 18.9 Å². The lowest BCUT2D eigenvalue weighted by atomic mass is 10.1. The quantitative estimate of drug-likeness (QED) is 0.671. The molecule has 17 heavy (non-hydrogen) atoms. The van der Waals surface area contributed by atoms with Gasteiger partial charge >= 0.3 is 0 Å². The summed E-state index contributed by atoms with van der Waals surface area (Å²) in [4.78, 5) is 11.6. The smallest absolute Gasteiger partial charge is 0.237 e. The van der Waals surface area contributed by atoms with Crippen LogP contribution in [0.5, 0.6) is 0 Å². The zero-order valence-electron chi connectivity index (χ0n) is 10.1. The SMILES string of the molecule is CCC(O)CNC(=O)[C@@H](N)Cc1ccccc1. The molecule has 0 heterocycles. The fraction of sp³-hybridized carbons (Fsp3) is 0.462. The molecule has 0 bridgehead atoms. The van der Waals surface area contributed by atoms with Crippen LogP contribution in [-0.4, -0.2) is 29.7 Å². The first-order valence-electron chi connectivity index (χ1n) is 5.88. The summed E-state index contributed by atoms with van der Waals surface area (Å²) >= 11 is 0. The molecule has 4 N–H and O–H groups in total. The summed E-state index contributed by atoms with van der Waals surface area (Å²) in [5.74, 6) is -0.221. The molecule has 0 fully saturated rings. The van der Waals surface area contributed by atoms with E-state index in [1.165, 1.54) is 0 Å². The number of rotatable bonds is 6. The van der Waals surface area contributed by atoms with Crippen LogP contribution in [-0.2, 0) is 11.2 Å². The molecule has 0 aliphatic carbocycles. The molecular weight excluding hydrogens is 216 g/mol. The Balaban J connectivity index is 2.37. The minimum Gasteiger partial charge on any atom is -0.391 e. The number of nitrogens with two attached hydrogens (primary N) is 1. The lowest BCUT2D eigenvalue weighted by Crippen LogP contribution is -2.44. The van der Waals surface area contributed by atoms with Gasteiger partial charge in [0, 0.05) is 6.54 Å². The van der Waals surface area contributed by atoms with Crippen LogP contribution >= 0.6 is 0 Å². The molecular formula is C13H20N2O2. The van der Waals surface area contributed by atoms with E-state index in [1.807, 2.05) is 37.3 Å². The largest absolute Gasteiger partial charge is 0.391 e. The van der Waals surface area contributed by atoms with Gasteiger partial charge in [0.1, 0.15) is 0 Å². The maximum Gasteiger partial charge on any atom is 0.237 e. The van der Waals surface area contributed by atoms with E-state index in [1.54, 1.807) is 0 Å². The average Bonchev–Trinajstić information content (AvgIpc) is 2.36. The molecule has 0 radical (unpaired) electrons. The minimum atomic E-state index is -0.568. The van der Waals surface area contributed by atoms with Gasteiger partial charge in [-0.05, 0) is 18.4 Å². The van der Waals surface area contributed by atoms with E-state index in [4.69, 9.17) is 5.73 Å². The average molecular weight is 236 g/mol.